The maximum Gasteiger partial charge on any atom is 0.188 e. The summed E-state index contributed by atoms with van der Waals surface area (Å²) in [6.07, 6.45) is 0. The molecule has 1 aromatic heterocycles. The summed E-state index contributed by atoms with van der Waals surface area (Å²) in [6.45, 7) is 10.3. The molecule has 0 unspecified atom stereocenters. The lowest BCUT2D eigenvalue weighted by Gasteiger charge is -2.00. The minimum absolute atomic E-state index is 0.0943. The van der Waals surface area contributed by atoms with Gasteiger partial charge in [-0.1, -0.05) is 11.6 Å². The number of nitrogens with zero attached hydrogens (tertiary/aromatic N) is 2. The first-order chi connectivity index (χ1) is 5.52. The normalized spacial score (nSPS) is 10.0. The van der Waals surface area contributed by atoms with Crippen LogP contribution in [0.25, 0.3) is 0 Å². The Morgan fingerprint density at radius 2 is 2.08 bits per heavy atom. The summed E-state index contributed by atoms with van der Waals surface area (Å²) in [5.74, 6) is -0.742. The van der Waals surface area contributed by atoms with Crippen LogP contribution in [0.2, 0.25) is 5.15 Å². The van der Waals surface area contributed by atoms with E-state index in [-0.39, 0.29) is 21.1 Å². The van der Waals surface area contributed by atoms with Crippen molar-refractivity contribution in [2.75, 3.05) is 0 Å². The van der Waals surface area contributed by atoms with Gasteiger partial charge >= 0.3 is 0 Å². The highest BCUT2D eigenvalue weighted by Gasteiger charge is 2.11. The van der Waals surface area contributed by atoms with Crippen LogP contribution in [0, 0.1) is 13.8 Å². The van der Waals surface area contributed by atoms with E-state index < -0.39 is 5.78 Å². The molecule has 1 heterocycles. The zero-order chi connectivity index (χ0) is 9.30. The Labute approximate surface area is 83.3 Å². The number of ketones is 1. The van der Waals surface area contributed by atoms with Crippen molar-refractivity contribution >= 4 is 33.3 Å². The lowest BCUT2D eigenvalue weighted by atomic mass is 10.3. The van der Waals surface area contributed by atoms with Crippen LogP contribution in [-0.2, 0) is 0 Å². The van der Waals surface area contributed by atoms with Gasteiger partial charge in [-0.25, -0.2) is 9.97 Å². The molecule has 0 N–H and O–H groups in total. The smallest absolute Gasteiger partial charge is 0.188 e. The quantitative estimate of drug-likeness (QED) is 0.709. The highest BCUT2D eigenvalue weighted by molar-refractivity contribution is 9.10. The van der Waals surface area contributed by atoms with Crippen molar-refractivity contribution in [3.8, 4) is 0 Å². The van der Waals surface area contributed by atoms with Crippen molar-refractivity contribution in [2.45, 2.75) is 0 Å². The van der Waals surface area contributed by atoms with Crippen molar-refractivity contribution in [1.82, 2.24) is 9.97 Å². The van der Waals surface area contributed by atoms with E-state index in [1.54, 1.807) is 0 Å². The van der Waals surface area contributed by atoms with E-state index in [9.17, 15) is 4.79 Å². The van der Waals surface area contributed by atoms with Crippen LogP contribution < -0.4 is 0 Å². The molecule has 0 bridgehead atoms. The molecule has 0 aliphatic rings. The second-order valence-electron chi connectivity index (χ2n) is 1.90. The Kier molecular flexibility index (Phi) is 2.80. The Hall–Kier alpha value is -0.480. The molecule has 0 saturated carbocycles. The lowest BCUT2D eigenvalue weighted by molar-refractivity contribution is 0.103. The van der Waals surface area contributed by atoms with Gasteiger partial charge in [0.05, 0.1) is 5.69 Å². The van der Waals surface area contributed by atoms with Gasteiger partial charge in [-0.3, -0.25) is 4.79 Å². The van der Waals surface area contributed by atoms with Crippen LogP contribution in [0.15, 0.2) is 4.60 Å². The van der Waals surface area contributed by atoms with E-state index in [4.69, 9.17) is 25.4 Å². The van der Waals surface area contributed by atoms with Gasteiger partial charge in [0.1, 0.15) is 10.3 Å². The molecule has 0 atom stereocenters. The number of hydrogen-bond acceptors (Lipinski definition) is 3. The first kappa shape index (κ1) is 9.61. The maximum atomic E-state index is 10.7. The van der Waals surface area contributed by atoms with Crippen LogP contribution in [0.1, 0.15) is 16.2 Å². The Bertz CT molecular complexity index is 340. The molecule has 60 valence electrons. The molecule has 0 aromatic carbocycles. The second kappa shape index (κ2) is 3.49. The summed E-state index contributed by atoms with van der Waals surface area (Å²) < 4.78 is 0.251. The van der Waals surface area contributed by atoms with Crippen LogP contribution in [0.5, 0.6) is 0 Å². The summed E-state index contributed by atoms with van der Waals surface area (Å²) in [5.41, 5.74) is 0.0164. The number of Topliss-reactive ketones (excluding diaryl/α,β-unsaturated/α-hetero) is 1. The number of aromatic nitrogens is 2. The molecule has 3 nitrogen and oxygen atoms in total. The Morgan fingerprint density at radius 1 is 1.50 bits per heavy atom. The average Bonchev–Trinajstić information content (AvgIpc) is 1.96. The van der Waals surface area contributed by atoms with Gasteiger partial charge in [0, 0.05) is 13.8 Å². The summed E-state index contributed by atoms with van der Waals surface area (Å²) in [7, 11) is 0. The average molecular weight is 245 g/mol. The molecule has 0 spiro atoms. The SMILES string of the molecule is [CH]C(=O)c1nc(Br)c([CH])nc1Cl. The number of carbonyl (C=O) groups is 1. The monoisotopic (exact) mass is 244 g/mol. The molecule has 5 heteroatoms. The molecule has 0 fully saturated rings. The van der Waals surface area contributed by atoms with E-state index in [1.165, 1.54) is 0 Å². The van der Waals surface area contributed by atoms with Gasteiger partial charge in [0.25, 0.3) is 0 Å². The van der Waals surface area contributed by atoms with Crippen molar-refractivity contribution in [3.05, 3.63) is 35.0 Å². The predicted octanol–water partition coefficient (Wildman–Crippen LogP) is 1.85. The van der Waals surface area contributed by atoms with Crippen LogP contribution in [0.4, 0.5) is 0 Å². The summed E-state index contributed by atoms with van der Waals surface area (Å²) >= 11 is 8.50. The van der Waals surface area contributed by atoms with Gasteiger partial charge in [-0.05, 0) is 15.9 Å². The topological polar surface area (TPSA) is 42.9 Å². The van der Waals surface area contributed by atoms with Crippen molar-refractivity contribution < 1.29 is 4.79 Å². The van der Waals surface area contributed by atoms with Crippen molar-refractivity contribution in [3.63, 3.8) is 0 Å². The third-order valence-electron chi connectivity index (χ3n) is 1.07. The van der Waals surface area contributed by atoms with Gasteiger partial charge in [0.15, 0.2) is 10.9 Å². The third-order valence-corrected chi connectivity index (χ3v) is 1.92. The number of halogens is 2. The predicted molar refractivity (Wildman–Crippen MR) is 46.8 cm³/mol. The van der Waals surface area contributed by atoms with Crippen LogP contribution in [0.3, 0.4) is 0 Å². The largest absolute Gasteiger partial charge is 0.292 e. The Morgan fingerprint density at radius 3 is 2.58 bits per heavy atom. The number of hydrogen-bond donors (Lipinski definition) is 0. The van der Waals surface area contributed by atoms with Gasteiger partial charge in [-0.15, -0.1) is 0 Å². The lowest BCUT2D eigenvalue weighted by Crippen LogP contribution is -2.02. The minimum Gasteiger partial charge on any atom is -0.292 e. The molecule has 0 aliphatic heterocycles. The standard InChI is InChI=1S/C7H2BrClN2O/c1-3-6(8)11-5(4(2)12)7(9)10-3/h1-2H. The van der Waals surface area contributed by atoms with E-state index in [2.05, 4.69) is 25.9 Å². The molecule has 0 saturated heterocycles. The molecular weight excluding hydrogens is 243 g/mol. The Balaban J connectivity index is 3.33. The molecular formula is C7H2BrClN2O. The van der Waals surface area contributed by atoms with E-state index >= 15 is 0 Å². The van der Waals surface area contributed by atoms with Crippen LogP contribution >= 0.6 is 27.5 Å². The second-order valence-corrected chi connectivity index (χ2v) is 3.01. The fourth-order valence-corrected chi connectivity index (χ4v) is 1.06. The molecule has 1 rings (SSSR count). The first-order valence-electron chi connectivity index (χ1n) is 2.80. The molecule has 1 aromatic rings. The molecule has 12 heavy (non-hydrogen) atoms. The zero-order valence-electron chi connectivity index (χ0n) is 5.71. The summed E-state index contributed by atoms with van der Waals surface area (Å²) in [6, 6.07) is 0. The van der Waals surface area contributed by atoms with Crippen molar-refractivity contribution in [1.29, 1.82) is 0 Å². The zero-order valence-corrected chi connectivity index (χ0v) is 8.06. The van der Waals surface area contributed by atoms with Gasteiger partial charge in [-0.2, -0.15) is 0 Å². The molecule has 4 radical (unpaired) electrons. The van der Waals surface area contributed by atoms with E-state index in [0.717, 1.165) is 0 Å². The molecule has 0 aliphatic carbocycles. The fraction of sp³-hybridized carbons (Fsp3) is 0. The highest BCUT2D eigenvalue weighted by atomic mass is 79.9. The maximum absolute atomic E-state index is 10.7. The summed E-state index contributed by atoms with van der Waals surface area (Å²) in [5, 5.41) is -0.0943. The van der Waals surface area contributed by atoms with E-state index in [0.29, 0.717) is 0 Å². The van der Waals surface area contributed by atoms with Crippen molar-refractivity contribution in [2.24, 2.45) is 0 Å². The van der Waals surface area contributed by atoms with Crippen LogP contribution in [-0.4, -0.2) is 15.8 Å². The van der Waals surface area contributed by atoms with E-state index in [1.807, 2.05) is 0 Å². The van der Waals surface area contributed by atoms with Gasteiger partial charge in [0.2, 0.25) is 0 Å². The number of carbonyl (C=O) groups excluding carboxylic acids is 1. The minimum atomic E-state index is -0.742. The number of rotatable bonds is 1. The molecule has 0 amide bonds. The van der Waals surface area contributed by atoms with Gasteiger partial charge < -0.3 is 0 Å². The fourth-order valence-electron chi connectivity index (χ4n) is 0.563. The third kappa shape index (κ3) is 1.81. The summed E-state index contributed by atoms with van der Waals surface area (Å²) in [4.78, 5) is 18.0. The highest BCUT2D eigenvalue weighted by Crippen LogP contribution is 2.17. The first-order valence-corrected chi connectivity index (χ1v) is 3.97.